The Morgan fingerprint density at radius 2 is 1.57 bits per heavy atom. The molecule has 0 atom stereocenters. The SMILES string of the molecule is O=C(c1ccc(S(F)(F)(F)(F)F)cc1)N1CCC(c2c(F)cnc3[nH]c([C@H]4CC[C@H](O)CC4)nc23)CC1. The van der Waals surface area contributed by atoms with Gasteiger partial charge < -0.3 is 15.0 Å². The van der Waals surface area contributed by atoms with Crippen LogP contribution in [0.25, 0.3) is 11.2 Å². The Bertz CT molecular complexity index is 1330. The second kappa shape index (κ2) is 8.35. The van der Waals surface area contributed by atoms with Gasteiger partial charge in [-0.1, -0.05) is 19.4 Å². The molecule has 2 aliphatic rings. The van der Waals surface area contributed by atoms with Gasteiger partial charge in [0.25, 0.3) is 5.91 Å². The molecule has 1 amide bonds. The molecule has 1 aliphatic carbocycles. The van der Waals surface area contributed by atoms with E-state index in [-0.39, 0.29) is 48.7 Å². The lowest BCUT2D eigenvalue weighted by atomic mass is 9.87. The summed E-state index contributed by atoms with van der Waals surface area (Å²) in [6.07, 6.45) is 4.49. The lowest BCUT2D eigenvalue weighted by molar-refractivity contribution is 0.0712. The first kappa shape index (κ1) is 25.8. The number of carbonyl (C=O) groups is 1. The Morgan fingerprint density at radius 1 is 0.946 bits per heavy atom. The van der Waals surface area contributed by atoms with Crippen LogP contribution in [0.4, 0.5) is 23.8 Å². The summed E-state index contributed by atoms with van der Waals surface area (Å²) in [6.45, 7) is 0.432. The van der Waals surface area contributed by atoms with Crippen LogP contribution in [0, 0.1) is 5.82 Å². The Kier molecular flexibility index (Phi) is 5.83. The van der Waals surface area contributed by atoms with Crippen molar-refractivity contribution in [1.29, 1.82) is 0 Å². The molecule has 2 N–H and O–H groups in total. The van der Waals surface area contributed by atoms with Crippen LogP contribution >= 0.6 is 10.2 Å². The van der Waals surface area contributed by atoms with Gasteiger partial charge in [0.15, 0.2) is 5.65 Å². The van der Waals surface area contributed by atoms with E-state index in [4.69, 9.17) is 0 Å². The van der Waals surface area contributed by atoms with E-state index in [0.29, 0.717) is 48.2 Å². The number of fused-ring (bicyclic) bond motifs is 1. The first-order valence-electron chi connectivity index (χ1n) is 12.0. The third-order valence-corrected chi connectivity index (χ3v) is 8.51. The quantitative estimate of drug-likeness (QED) is 0.352. The predicted molar refractivity (Wildman–Crippen MR) is 127 cm³/mol. The van der Waals surface area contributed by atoms with Crippen LogP contribution in [0.1, 0.15) is 72.1 Å². The number of likely N-dealkylation sites (tertiary alicyclic amines) is 1. The normalized spacial score (nSPS) is 23.6. The monoisotopic (exact) mass is 548 g/mol. The van der Waals surface area contributed by atoms with Gasteiger partial charge in [-0.15, -0.1) is 0 Å². The van der Waals surface area contributed by atoms with Crippen LogP contribution in [0.3, 0.4) is 0 Å². The van der Waals surface area contributed by atoms with E-state index in [0.717, 1.165) is 31.2 Å². The number of amides is 1. The molecule has 0 bridgehead atoms. The molecule has 5 rings (SSSR count). The molecule has 0 spiro atoms. The molecule has 0 radical (unpaired) electrons. The smallest absolute Gasteiger partial charge is 0.310 e. The Morgan fingerprint density at radius 3 is 2.16 bits per heavy atom. The Balaban J connectivity index is 1.31. The van der Waals surface area contributed by atoms with Crippen LogP contribution in [-0.4, -0.2) is 50.1 Å². The zero-order chi connectivity index (χ0) is 26.7. The molecule has 3 aromatic rings. The maximum absolute atomic E-state index is 14.9. The topological polar surface area (TPSA) is 82.1 Å². The number of rotatable bonds is 4. The van der Waals surface area contributed by atoms with Gasteiger partial charge in [0.1, 0.15) is 22.1 Å². The van der Waals surface area contributed by atoms with Crippen molar-refractivity contribution in [3.8, 4) is 0 Å². The van der Waals surface area contributed by atoms with Crippen molar-refractivity contribution in [1.82, 2.24) is 19.9 Å². The molecule has 6 nitrogen and oxygen atoms in total. The van der Waals surface area contributed by atoms with Crippen molar-refractivity contribution in [3.63, 3.8) is 0 Å². The van der Waals surface area contributed by atoms with Gasteiger partial charge >= 0.3 is 10.2 Å². The van der Waals surface area contributed by atoms with E-state index in [9.17, 15) is 33.7 Å². The number of halogens is 6. The molecule has 1 saturated carbocycles. The van der Waals surface area contributed by atoms with Crippen molar-refractivity contribution in [2.24, 2.45) is 0 Å². The lowest BCUT2D eigenvalue weighted by Gasteiger charge is -2.40. The molecule has 202 valence electrons. The number of carbonyl (C=O) groups excluding carboxylic acids is 1. The highest BCUT2D eigenvalue weighted by atomic mass is 32.5. The molecule has 2 aromatic heterocycles. The highest BCUT2D eigenvalue weighted by Gasteiger charge is 2.65. The highest BCUT2D eigenvalue weighted by Crippen LogP contribution is 3.02. The van der Waals surface area contributed by atoms with E-state index < -0.39 is 26.8 Å². The van der Waals surface area contributed by atoms with Gasteiger partial charge in [-0.2, -0.15) is 0 Å². The number of aromatic nitrogens is 3. The van der Waals surface area contributed by atoms with E-state index in [1.54, 1.807) is 0 Å². The molecule has 0 unspecified atom stereocenters. The van der Waals surface area contributed by atoms with Crippen LogP contribution in [0.5, 0.6) is 0 Å². The average Bonchev–Trinajstić information content (AvgIpc) is 3.27. The number of nitrogens with zero attached hydrogens (tertiary/aromatic N) is 3. The number of imidazole rings is 1. The number of aromatic amines is 1. The van der Waals surface area contributed by atoms with Crippen LogP contribution in [0.2, 0.25) is 0 Å². The molecular formula is C24H26F6N4O2S. The molecule has 1 aliphatic heterocycles. The summed E-state index contributed by atoms with van der Waals surface area (Å²) < 4.78 is 79.7. The molecule has 37 heavy (non-hydrogen) atoms. The van der Waals surface area contributed by atoms with Gasteiger partial charge in [0.05, 0.1) is 12.3 Å². The van der Waals surface area contributed by atoms with Crippen molar-refractivity contribution in [2.75, 3.05) is 13.1 Å². The second-order valence-corrected chi connectivity index (χ2v) is 12.3. The number of hydrogen-bond donors (Lipinski definition) is 2. The molecule has 3 heterocycles. The standard InChI is InChI=1S/C24H26F6N4O2S/c25-19-13-31-23-21(32-22(33-23)15-1-5-17(35)6-2-15)20(19)14-9-11-34(12-10-14)24(36)16-3-7-18(8-4-16)37(26,27,28,29)30/h3-4,7-8,13-15,17,35H,1-2,5-6,9-12H2,(H,31,32,33)/t15-,17-. The summed E-state index contributed by atoms with van der Waals surface area (Å²) in [7, 11) is -9.81. The van der Waals surface area contributed by atoms with Crippen molar-refractivity contribution >= 4 is 27.3 Å². The maximum Gasteiger partial charge on any atom is 0.310 e. The zero-order valence-electron chi connectivity index (χ0n) is 19.6. The number of hydrogen-bond acceptors (Lipinski definition) is 4. The minimum Gasteiger partial charge on any atom is -0.393 e. The summed E-state index contributed by atoms with van der Waals surface area (Å²) >= 11 is 0. The Hall–Kier alpha value is -2.80. The fraction of sp³-hybridized carbons (Fsp3) is 0.458. The fourth-order valence-electron chi connectivity index (χ4n) is 5.31. The van der Waals surface area contributed by atoms with Gasteiger partial charge in [-0.3, -0.25) is 4.79 Å². The average molecular weight is 549 g/mol. The third kappa shape index (κ3) is 5.28. The van der Waals surface area contributed by atoms with Gasteiger partial charge in [-0.05, 0) is 68.7 Å². The van der Waals surface area contributed by atoms with Crippen LogP contribution in [0.15, 0.2) is 35.4 Å². The van der Waals surface area contributed by atoms with Crippen LogP contribution in [-0.2, 0) is 0 Å². The summed E-state index contributed by atoms with van der Waals surface area (Å²) in [5.41, 5.74) is 1.20. The number of piperidine rings is 1. The molecule has 13 heteroatoms. The zero-order valence-corrected chi connectivity index (χ0v) is 20.5. The van der Waals surface area contributed by atoms with E-state index >= 15 is 0 Å². The minimum atomic E-state index is -9.81. The summed E-state index contributed by atoms with van der Waals surface area (Å²) in [4.78, 5) is 24.2. The summed E-state index contributed by atoms with van der Waals surface area (Å²) in [5.74, 6) is -0.494. The van der Waals surface area contributed by atoms with Gasteiger partial charge in [-0.25, -0.2) is 14.4 Å². The van der Waals surface area contributed by atoms with E-state index in [2.05, 4.69) is 15.0 Å². The lowest BCUT2D eigenvalue weighted by Crippen LogP contribution is -2.38. The molecule has 1 saturated heterocycles. The first-order valence-corrected chi connectivity index (χ1v) is 14.0. The predicted octanol–water partition coefficient (Wildman–Crippen LogP) is 6.79. The summed E-state index contributed by atoms with van der Waals surface area (Å²) in [5, 5.41) is 9.77. The van der Waals surface area contributed by atoms with E-state index in [1.807, 2.05) is 0 Å². The van der Waals surface area contributed by atoms with Crippen LogP contribution < -0.4 is 0 Å². The largest absolute Gasteiger partial charge is 0.393 e. The summed E-state index contributed by atoms with van der Waals surface area (Å²) in [6, 6.07) is 1.96. The maximum atomic E-state index is 14.9. The molecule has 2 fully saturated rings. The number of benzene rings is 1. The number of nitrogens with one attached hydrogen (secondary N) is 1. The number of aliphatic hydroxyl groups is 1. The number of aliphatic hydroxyl groups excluding tert-OH is 1. The molecule has 1 aromatic carbocycles. The van der Waals surface area contributed by atoms with Crippen molar-refractivity contribution < 1.29 is 33.7 Å². The number of pyridine rings is 1. The Labute approximate surface area is 208 Å². The van der Waals surface area contributed by atoms with E-state index in [1.165, 1.54) is 4.90 Å². The minimum absolute atomic E-state index is 0.124. The van der Waals surface area contributed by atoms with Gasteiger partial charge in [0.2, 0.25) is 0 Å². The first-order chi connectivity index (χ1) is 17.2. The third-order valence-electron chi connectivity index (χ3n) is 7.34. The fourth-order valence-corrected chi connectivity index (χ4v) is 5.96. The highest BCUT2D eigenvalue weighted by molar-refractivity contribution is 8.45. The van der Waals surface area contributed by atoms with Gasteiger partial charge in [0, 0.05) is 30.1 Å². The second-order valence-electron chi connectivity index (χ2n) is 9.90. The number of H-pyrrole nitrogens is 1. The van der Waals surface area contributed by atoms with Crippen molar-refractivity contribution in [3.05, 3.63) is 53.2 Å². The molecular weight excluding hydrogens is 522 g/mol. The van der Waals surface area contributed by atoms with Crippen molar-refractivity contribution in [2.45, 2.75) is 61.4 Å².